The molecule has 0 saturated carbocycles. The lowest BCUT2D eigenvalue weighted by atomic mass is 10.2. The van der Waals surface area contributed by atoms with Gasteiger partial charge in [0.25, 0.3) is 0 Å². The number of carbonyl (C=O) groups excluding carboxylic acids is 1. The zero-order valence-corrected chi connectivity index (χ0v) is 9.13. The van der Waals surface area contributed by atoms with Crippen LogP contribution in [0.3, 0.4) is 0 Å². The van der Waals surface area contributed by atoms with Crippen molar-refractivity contribution in [2.24, 2.45) is 0 Å². The molecule has 7 nitrogen and oxygen atoms in total. The molecular weight excluding hydrogens is 220 g/mol. The number of rotatable bonds is 5. The van der Waals surface area contributed by atoms with Crippen molar-refractivity contribution >= 4 is 5.91 Å². The Balaban J connectivity index is 1.71. The lowest BCUT2D eigenvalue weighted by Gasteiger charge is -2.01. The summed E-state index contributed by atoms with van der Waals surface area (Å²) in [5, 5.41) is 15.9. The molecule has 88 valence electrons. The summed E-state index contributed by atoms with van der Waals surface area (Å²) in [4.78, 5) is 15.6. The van der Waals surface area contributed by atoms with Gasteiger partial charge in [-0.3, -0.25) is 9.78 Å². The summed E-state index contributed by atoms with van der Waals surface area (Å²) >= 11 is 0. The summed E-state index contributed by atoms with van der Waals surface area (Å²) in [7, 11) is 0. The van der Waals surface area contributed by atoms with Gasteiger partial charge >= 0.3 is 0 Å². The van der Waals surface area contributed by atoms with Gasteiger partial charge in [-0.1, -0.05) is 11.3 Å². The van der Waals surface area contributed by atoms with E-state index in [2.05, 4.69) is 30.9 Å². The Morgan fingerprint density at radius 2 is 2.35 bits per heavy atom. The molecule has 2 aromatic rings. The first-order chi connectivity index (χ1) is 8.34. The van der Waals surface area contributed by atoms with E-state index in [1.54, 1.807) is 6.20 Å². The Bertz CT molecular complexity index is 455. The fourth-order valence-corrected chi connectivity index (χ4v) is 1.31. The van der Waals surface area contributed by atoms with Crippen molar-refractivity contribution in [3.05, 3.63) is 35.9 Å². The third-order valence-corrected chi connectivity index (χ3v) is 2.17. The predicted octanol–water partition coefficient (Wildman–Crippen LogP) is -0.156. The van der Waals surface area contributed by atoms with Crippen molar-refractivity contribution in [1.29, 1.82) is 0 Å². The van der Waals surface area contributed by atoms with Gasteiger partial charge in [-0.2, -0.15) is 5.21 Å². The monoisotopic (exact) mass is 232 g/mol. The number of aromatic amines is 1. The zero-order chi connectivity index (χ0) is 11.9. The number of tetrazole rings is 1. The third-order valence-electron chi connectivity index (χ3n) is 2.17. The van der Waals surface area contributed by atoms with Gasteiger partial charge in [0.15, 0.2) is 5.82 Å². The Hall–Kier alpha value is -2.31. The number of amides is 1. The number of H-pyrrole nitrogens is 1. The minimum absolute atomic E-state index is 0.0551. The predicted molar refractivity (Wildman–Crippen MR) is 58.6 cm³/mol. The molecule has 0 spiro atoms. The fraction of sp³-hybridized carbons (Fsp3) is 0.300. The molecule has 0 bridgehead atoms. The van der Waals surface area contributed by atoms with Gasteiger partial charge in [0.05, 0.1) is 6.54 Å². The van der Waals surface area contributed by atoms with Gasteiger partial charge in [-0.25, -0.2) is 0 Å². The lowest BCUT2D eigenvalue weighted by Crippen LogP contribution is -2.23. The van der Waals surface area contributed by atoms with Crippen LogP contribution in [0, 0.1) is 0 Å². The average Bonchev–Trinajstić information content (AvgIpc) is 2.88. The van der Waals surface area contributed by atoms with E-state index >= 15 is 0 Å². The van der Waals surface area contributed by atoms with E-state index in [1.165, 1.54) is 0 Å². The minimum atomic E-state index is -0.0551. The molecule has 17 heavy (non-hydrogen) atoms. The van der Waals surface area contributed by atoms with Crippen molar-refractivity contribution in [3.63, 3.8) is 0 Å². The molecule has 7 heteroatoms. The molecule has 0 saturated heterocycles. The average molecular weight is 232 g/mol. The maximum atomic E-state index is 11.5. The Morgan fingerprint density at radius 1 is 1.41 bits per heavy atom. The Morgan fingerprint density at radius 3 is 3.06 bits per heavy atom. The normalized spacial score (nSPS) is 10.1. The van der Waals surface area contributed by atoms with Crippen LogP contribution in [0.5, 0.6) is 0 Å². The van der Waals surface area contributed by atoms with E-state index < -0.39 is 0 Å². The Kier molecular flexibility index (Phi) is 3.74. The SMILES string of the molecule is O=C(CCc1ccccn1)NCc1nn[nH]n1. The quantitative estimate of drug-likeness (QED) is 0.747. The molecule has 0 atom stereocenters. The number of carbonyl (C=O) groups is 1. The number of aryl methyl sites for hydroxylation is 1. The van der Waals surface area contributed by atoms with Crippen LogP contribution in [0.1, 0.15) is 17.9 Å². The third kappa shape index (κ3) is 3.63. The van der Waals surface area contributed by atoms with Gasteiger partial charge in [0.1, 0.15) is 0 Å². The first kappa shape index (κ1) is 11.2. The standard InChI is InChI=1S/C10H12N6O/c17-10(12-7-9-13-15-16-14-9)5-4-8-3-1-2-6-11-8/h1-3,6H,4-5,7H2,(H,12,17)(H,13,14,15,16). The molecule has 2 rings (SSSR count). The highest BCUT2D eigenvalue weighted by Crippen LogP contribution is 1.98. The second kappa shape index (κ2) is 5.69. The molecule has 0 aliphatic carbocycles. The van der Waals surface area contributed by atoms with Crippen molar-refractivity contribution < 1.29 is 4.79 Å². The molecular formula is C10H12N6O. The van der Waals surface area contributed by atoms with E-state index in [9.17, 15) is 4.79 Å². The van der Waals surface area contributed by atoms with Crippen molar-refractivity contribution in [3.8, 4) is 0 Å². The van der Waals surface area contributed by atoms with E-state index in [1.807, 2.05) is 18.2 Å². The molecule has 0 aromatic carbocycles. The second-order valence-corrected chi connectivity index (χ2v) is 3.43. The second-order valence-electron chi connectivity index (χ2n) is 3.43. The highest BCUT2D eigenvalue weighted by molar-refractivity contribution is 5.75. The topological polar surface area (TPSA) is 96.5 Å². The molecule has 2 aromatic heterocycles. The van der Waals surface area contributed by atoms with Crippen molar-refractivity contribution in [2.75, 3.05) is 0 Å². The fourth-order valence-electron chi connectivity index (χ4n) is 1.31. The largest absolute Gasteiger partial charge is 0.349 e. The van der Waals surface area contributed by atoms with E-state index in [-0.39, 0.29) is 12.5 Å². The van der Waals surface area contributed by atoms with Gasteiger partial charge in [-0.05, 0) is 18.6 Å². The number of hydrogen-bond acceptors (Lipinski definition) is 5. The highest BCUT2D eigenvalue weighted by atomic mass is 16.1. The molecule has 0 radical (unpaired) electrons. The summed E-state index contributed by atoms with van der Waals surface area (Å²) in [5.41, 5.74) is 0.905. The maximum Gasteiger partial charge on any atom is 0.220 e. The summed E-state index contributed by atoms with van der Waals surface area (Å²) in [6.07, 6.45) is 2.74. The first-order valence-corrected chi connectivity index (χ1v) is 5.23. The molecule has 0 aliphatic rings. The van der Waals surface area contributed by atoms with Gasteiger partial charge in [0.2, 0.25) is 5.91 Å². The van der Waals surface area contributed by atoms with Crippen LogP contribution < -0.4 is 5.32 Å². The van der Waals surface area contributed by atoms with Gasteiger partial charge in [0, 0.05) is 18.3 Å². The number of nitrogens with one attached hydrogen (secondary N) is 2. The number of aromatic nitrogens is 5. The van der Waals surface area contributed by atoms with E-state index in [0.29, 0.717) is 18.7 Å². The summed E-state index contributed by atoms with van der Waals surface area (Å²) in [6.45, 7) is 0.289. The summed E-state index contributed by atoms with van der Waals surface area (Å²) < 4.78 is 0. The number of hydrogen-bond donors (Lipinski definition) is 2. The van der Waals surface area contributed by atoms with Crippen LogP contribution in [0.2, 0.25) is 0 Å². The number of pyridine rings is 1. The molecule has 0 fully saturated rings. The van der Waals surface area contributed by atoms with Crippen LogP contribution in [-0.2, 0) is 17.8 Å². The summed E-state index contributed by atoms with van der Waals surface area (Å²) in [5.74, 6) is 0.414. The first-order valence-electron chi connectivity index (χ1n) is 5.23. The molecule has 2 N–H and O–H groups in total. The van der Waals surface area contributed by atoms with Crippen molar-refractivity contribution in [1.82, 2.24) is 30.9 Å². The van der Waals surface area contributed by atoms with Crippen LogP contribution in [-0.4, -0.2) is 31.5 Å². The molecule has 2 heterocycles. The molecule has 1 amide bonds. The number of nitrogens with zero attached hydrogens (tertiary/aromatic N) is 4. The van der Waals surface area contributed by atoms with Gasteiger partial charge < -0.3 is 5.32 Å². The van der Waals surface area contributed by atoms with Crippen LogP contribution in [0.15, 0.2) is 24.4 Å². The van der Waals surface area contributed by atoms with E-state index in [4.69, 9.17) is 0 Å². The summed E-state index contributed by atoms with van der Waals surface area (Å²) in [6, 6.07) is 5.64. The minimum Gasteiger partial charge on any atom is -0.349 e. The van der Waals surface area contributed by atoms with Crippen molar-refractivity contribution in [2.45, 2.75) is 19.4 Å². The lowest BCUT2D eigenvalue weighted by molar-refractivity contribution is -0.121. The van der Waals surface area contributed by atoms with Crippen LogP contribution >= 0.6 is 0 Å². The van der Waals surface area contributed by atoms with E-state index in [0.717, 1.165) is 5.69 Å². The maximum absolute atomic E-state index is 11.5. The van der Waals surface area contributed by atoms with Crippen LogP contribution in [0.25, 0.3) is 0 Å². The van der Waals surface area contributed by atoms with Crippen LogP contribution in [0.4, 0.5) is 0 Å². The molecule has 0 unspecified atom stereocenters. The smallest absolute Gasteiger partial charge is 0.220 e. The van der Waals surface area contributed by atoms with Gasteiger partial charge in [-0.15, -0.1) is 10.2 Å². The highest BCUT2D eigenvalue weighted by Gasteiger charge is 2.04. The Labute approximate surface area is 97.7 Å². The molecule has 0 aliphatic heterocycles. The zero-order valence-electron chi connectivity index (χ0n) is 9.13.